The van der Waals surface area contributed by atoms with Gasteiger partial charge in [0, 0.05) is 17.7 Å². The third kappa shape index (κ3) is 3.35. The molecule has 0 radical (unpaired) electrons. The lowest BCUT2D eigenvalue weighted by molar-refractivity contribution is 0.101. The fourth-order valence-electron chi connectivity index (χ4n) is 1.42. The van der Waals surface area contributed by atoms with E-state index in [0.717, 1.165) is 11.3 Å². The van der Waals surface area contributed by atoms with E-state index in [2.05, 4.69) is 0 Å². The minimum atomic E-state index is 0.0563. The fourth-order valence-corrected chi connectivity index (χ4v) is 1.42. The first-order valence-electron chi connectivity index (χ1n) is 5.53. The minimum Gasteiger partial charge on any atom is -0.494 e. The molecule has 0 N–H and O–H groups in total. The SMILES string of the molecule is CCOCc1cc(C(C)=O)ccc1OCC. The Balaban J connectivity index is 2.95. The van der Waals surface area contributed by atoms with Crippen LogP contribution in [0.15, 0.2) is 18.2 Å². The summed E-state index contributed by atoms with van der Waals surface area (Å²) in [5.74, 6) is 0.849. The fraction of sp³-hybridized carbons (Fsp3) is 0.462. The van der Waals surface area contributed by atoms with Crippen molar-refractivity contribution >= 4 is 5.78 Å². The molecular weight excluding hydrogens is 204 g/mol. The van der Waals surface area contributed by atoms with E-state index in [1.807, 2.05) is 26.0 Å². The van der Waals surface area contributed by atoms with Crippen LogP contribution >= 0.6 is 0 Å². The van der Waals surface area contributed by atoms with Crippen LogP contribution in [0.25, 0.3) is 0 Å². The molecule has 0 amide bonds. The average molecular weight is 222 g/mol. The lowest BCUT2D eigenvalue weighted by Gasteiger charge is -2.11. The van der Waals surface area contributed by atoms with Crippen LogP contribution in [0.3, 0.4) is 0 Å². The first-order chi connectivity index (χ1) is 7.69. The van der Waals surface area contributed by atoms with Crippen molar-refractivity contribution in [3.63, 3.8) is 0 Å². The van der Waals surface area contributed by atoms with Crippen LogP contribution in [-0.2, 0) is 11.3 Å². The predicted octanol–water partition coefficient (Wildman–Crippen LogP) is 2.82. The van der Waals surface area contributed by atoms with Crippen LogP contribution in [-0.4, -0.2) is 19.0 Å². The Morgan fingerprint density at radius 3 is 2.56 bits per heavy atom. The van der Waals surface area contributed by atoms with Crippen LogP contribution in [0, 0.1) is 0 Å². The van der Waals surface area contributed by atoms with E-state index in [-0.39, 0.29) is 5.78 Å². The smallest absolute Gasteiger partial charge is 0.159 e. The maximum atomic E-state index is 11.3. The van der Waals surface area contributed by atoms with Gasteiger partial charge in [0.1, 0.15) is 5.75 Å². The maximum absolute atomic E-state index is 11.3. The first-order valence-corrected chi connectivity index (χ1v) is 5.53. The van der Waals surface area contributed by atoms with E-state index in [1.165, 1.54) is 0 Å². The van der Waals surface area contributed by atoms with E-state index < -0.39 is 0 Å². The van der Waals surface area contributed by atoms with Crippen molar-refractivity contribution in [1.29, 1.82) is 0 Å². The minimum absolute atomic E-state index is 0.0563. The molecule has 0 aliphatic rings. The third-order valence-corrected chi connectivity index (χ3v) is 2.23. The summed E-state index contributed by atoms with van der Waals surface area (Å²) in [6, 6.07) is 5.44. The Hall–Kier alpha value is -1.35. The summed E-state index contributed by atoms with van der Waals surface area (Å²) in [6.45, 7) is 7.17. The number of carbonyl (C=O) groups excluding carboxylic acids is 1. The second-order valence-electron chi connectivity index (χ2n) is 3.45. The van der Waals surface area contributed by atoms with Crippen molar-refractivity contribution < 1.29 is 14.3 Å². The zero-order chi connectivity index (χ0) is 12.0. The summed E-state index contributed by atoms with van der Waals surface area (Å²) in [5, 5.41) is 0. The Kier molecular flexibility index (Phi) is 4.99. The van der Waals surface area contributed by atoms with Crippen molar-refractivity contribution in [2.45, 2.75) is 27.4 Å². The molecule has 0 atom stereocenters. The lowest BCUT2D eigenvalue weighted by Crippen LogP contribution is -2.02. The number of benzene rings is 1. The molecule has 16 heavy (non-hydrogen) atoms. The van der Waals surface area contributed by atoms with E-state index in [4.69, 9.17) is 9.47 Å². The van der Waals surface area contributed by atoms with Gasteiger partial charge in [-0.25, -0.2) is 0 Å². The number of hydrogen-bond donors (Lipinski definition) is 0. The monoisotopic (exact) mass is 222 g/mol. The second kappa shape index (κ2) is 6.28. The standard InChI is InChI=1S/C13H18O3/c1-4-15-9-12-8-11(10(3)14)6-7-13(12)16-5-2/h6-8H,4-5,9H2,1-3H3. The van der Waals surface area contributed by atoms with Gasteiger partial charge >= 0.3 is 0 Å². The number of hydrogen-bond acceptors (Lipinski definition) is 3. The highest BCUT2D eigenvalue weighted by Gasteiger charge is 2.07. The summed E-state index contributed by atoms with van der Waals surface area (Å²) in [6.07, 6.45) is 0. The molecule has 0 saturated heterocycles. The van der Waals surface area contributed by atoms with E-state index in [0.29, 0.717) is 25.4 Å². The van der Waals surface area contributed by atoms with Crippen LogP contribution in [0.4, 0.5) is 0 Å². The number of carbonyl (C=O) groups is 1. The molecular formula is C13H18O3. The number of rotatable bonds is 6. The molecule has 3 heteroatoms. The molecule has 3 nitrogen and oxygen atoms in total. The summed E-state index contributed by atoms with van der Waals surface area (Å²) >= 11 is 0. The molecule has 0 saturated carbocycles. The van der Waals surface area contributed by atoms with E-state index >= 15 is 0 Å². The summed E-state index contributed by atoms with van der Waals surface area (Å²) in [4.78, 5) is 11.3. The van der Waals surface area contributed by atoms with Crippen molar-refractivity contribution in [2.24, 2.45) is 0 Å². The zero-order valence-corrected chi connectivity index (χ0v) is 10.1. The van der Waals surface area contributed by atoms with Crippen LogP contribution in [0.5, 0.6) is 5.75 Å². The Labute approximate surface area is 96.4 Å². The quantitative estimate of drug-likeness (QED) is 0.694. The Morgan fingerprint density at radius 2 is 2.00 bits per heavy atom. The van der Waals surface area contributed by atoms with Gasteiger partial charge in [-0.15, -0.1) is 0 Å². The molecule has 0 bridgehead atoms. The number of ketones is 1. The Bertz CT molecular complexity index is 358. The van der Waals surface area contributed by atoms with Crippen molar-refractivity contribution in [3.8, 4) is 5.75 Å². The molecule has 1 rings (SSSR count). The molecule has 0 aliphatic heterocycles. The molecule has 0 heterocycles. The molecule has 0 spiro atoms. The average Bonchev–Trinajstić information content (AvgIpc) is 2.27. The first kappa shape index (κ1) is 12.7. The lowest BCUT2D eigenvalue weighted by atomic mass is 10.1. The molecule has 1 aromatic carbocycles. The van der Waals surface area contributed by atoms with Crippen LogP contribution < -0.4 is 4.74 Å². The van der Waals surface area contributed by atoms with Crippen molar-refractivity contribution in [2.75, 3.05) is 13.2 Å². The van der Waals surface area contributed by atoms with E-state index in [9.17, 15) is 4.79 Å². The predicted molar refractivity (Wildman–Crippen MR) is 62.9 cm³/mol. The molecule has 0 aromatic heterocycles. The van der Waals surface area contributed by atoms with Gasteiger partial charge < -0.3 is 9.47 Å². The van der Waals surface area contributed by atoms with Crippen LogP contribution in [0.1, 0.15) is 36.7 Å². The third-order valence-electron chi connectivity index (χ3n) is 2.23. The van der Waals surface area contributed by atoms with Gasteiger partial charge in [0.25, 0.3) is 0 Å². The highest BCUT2D eigenvalue weighted by atomic mass is 16.5. The van der Waals surface area contributed by atoms with Gasteiger partial charge in [-0.1, -0.05) is 0 Å². The Morgan fingerprint density at radius 1 is 1.25 bits per heavy atom. The van der Waals surface area contributed by atoms with Crippen molar-refractivity contribution in [3.05, 3.63) is 29.3 Å². The molecule has 1 aromatic rings. The van der Waals surface area contributed by atoms with Crippen molar-refractivity contribution in [1.82, 2.24) is 0 Å². The van der Waals surface area contributed by atoms with Gasteiger partial charge in [0.15, 0.2) is 5.78 Å². The topological polar surface area (TPSA) is 35.5 Å². The van der Waals surface area contributed by atoms with Gasteiger partial charge in [-0.3, -0.25) is 4.79 Å². The van der Waals surface area contributed by atoms with Gasteiger partial charge in [-0.05, 0) is 39.0 Å². The highest BCUT2D eigenvalue weighted by molar-refractivity contribution is 5.94. The molecule has 0 unspecified atom stereocenters. The second-order valence-corrected chi connectivity index (χ2v) is 3.45. The largest absolute Gasteiger partial charge is 0.494 e. The van der Waals surface area contributed by atoms with Gasteiger partial charge in [-0.2, -0.15) is 0 Å². The molecule has 0 aliphatic carbocycles. The van der Waals surface area contributed by atoms with Gasteiger partial charge in [0.2, 0.25) is 0 Å². The molecule has 88 valence electrons. The summed E-state index contributed by atoms with van der Waals surface area (Å²) in [5.41, 5.74) is 1.62. The van der Waals surface area contributed by atoms with Crippen LogP contribution in [0.2, 0.25) is 0 Å². The number of ether oxygens (including phenoxy) is 2. The normalized spacial score (nSPS) is 10.2. The maximum Gasteiger partial charge on any atom is 0.159 e. The van der Waals surface area contributed by atoms with E-state index in [1.54, 1.807) is 13.0 Å². The number of Topliss-reactive ketones (excluding diaryl/α,β-unsaturated/α-hetero) is 1. The highest BCUT2D eigenvalue weighted by Crippen LogP contribution is 2.21. The summed E-state index contributed by atoms with van der Waals surface area (Å²) < 4.78 is 10.8. The zero-order valence-electron chi connectivity index (χ0n) is 10.1. The van der Waals surface area contributed by atoms with Gasteiger partial charge in [0.05, 0.1) is 13.2 Å². The molecule has 0 fully saturated rings. The summed E-state index contributed by atoms with van der Waals surface area (Å²) in [7, 11) is 0.